The summed E-state index contributed by atoms with van der Waals surface area (Å²) in [6, 6.07) is 0.157. The van der Waals surface area contributed by atoms with Gasteiger partial charge in [0, 0.05) is 7.05 Å². The molecule has 0 radical (unpaired) electrons. The predicted octanol–water partition coefficient (Wildman–Crippen LogP) is 0.849. The van der Waals surface area contributed by atoms with Gasteiger partial charge in [0.2, 0.25) is 0 Å². The SMILES string of the molecule is CNC(=O)c1conc1[C@@H]1CCCCN1. The maximum absolute atomic E-state index is 11.5. The second-order valence-corrected chi connectivity index (χ2v) is 3.70. The normalized spacial score (nSPS) is 21.3. The van der Waals surface area contributed by atoms with Crippen LogP contribution >= 0.6 is 0 Å². The topological polar surface area (TPSA) is 67.2 Å². The van der Waals surface area contributed by atoms with Crippen molar-refractivity contribution in [1.82, 2.24) is 15.8 Å². The summed E-state index contributed by atoms with van der Waals surface area (Å²) in [4.78, 5) is 11.5. The fourth-order valence-electron chi connectivity index (χ4n) is 1.89. The predicted molar refractivity (Wildman–Crippen MR) is 54.5 cm³/mol. The van der Waals surface area contributed by atoms with Crippen LogP contribution in [-0.4, -0.2) is 24.7 Å². The fourth-order valence-corrected chi connectivity index (χ4v) is 1.89. The molecule has 1 amide bonds. The zero-order chi connectivity index (χ0) is 10.7. The minimum absolute atomic E-state index is 0.140. The first-order chi connectivity index (χ1) is 7.33. The van der Waals surface area contributed by atoms with Crippen LogP contribution in [0.2, 0.25) is 0 Å². The van der Waals surface area contributed by atoms with E-state index >= 15 is 0 Å². The molecular formula is C10H15N3O2. The number of amides is 1. The van der Waals surface area contributed by atoms with E-state index < -0.39 is 0 Å². The number of hydrogen-bond donors (Lipinski definition) is 2. The third-order valence-electron chi connectivity index (χ3n) is 2.71. The quantitative estimate of drug-likeness (QED) is 0.757. The van der Waals surface area contributed by atoms with E-state index in [-0.39, 0.29) is 11.9 Å². The van der Waals surface area contributed by atoms with Crippen LogP contribution in [0, 0.1) is 0 Å². The summed E-state index contributed by atoms with van der Waals surface area (Å²) in [6.45, 7) is 0.977. The summed E-state index contributed by atoms with van der Waals surface area (Å²) in [5, 5.41) is 9.83. The average Bonchev–Trinajstić information content (AvgIpc) is 2.78. The van der Waals surface area contributed by atoms with E-state index in [9.17, 15) is 4.79 Å². The Hall–Kier alpha value is -1.36. The molecule has 1 saturated heterocycles. The van der Waals surface area contributed by atoms with Crippen molar-refractivity contribution in [2.24, 2.45) is 0 Å². The smallest absolute Gasteiger partial charge is 0.256 e. The van der Waals surface area contributed by atoms with Crippen LogP contribution in [0.15, 0.2) is 10.8 Å². The zero-order valence-electron chi connectivity index (χ0n) is 8.75. The van der Waals surface area contributed by atoms with Crippen LogP contribution < -0.4 is 10.6 Å². The van der Waals surface area contributed by atoms with Crippen LogP contribution in [0.4, 0.5) is 0 Å². The van der Waals surface area contributed by atoms with Gasteiger partial charge in [-0.2, -0.15) is 0 Å². The van der Waals surface area contributed by atoms with Gasteiger partial charge in [-0.15, -0.1) is 0 Å². The molecule has 0 bridgehead atoms. The number of rotatable bonds is 2. The van der Waals surface area contributed by atoms with E-state index in [1.54, 1.807) is 7.05 Å². The lowest BCUT2D eigenvalue weighted by Crippen LogP contribution is -2.29. The second-order valence-electron chi connectivity index (χ2n) is 3.70. The molecule has 2 rings (SSSR count). The van der Waals surface area contributed by atoms with E-state index in [1.807, 2.05) is 0 Å². The highest BCUT2D eigenvalue weighted by Crippen LogP contribution is 2.24. The van der Waals surface area contributed by atoms with Crippen LogP contribution in [0.1, 0.15) is 41.4 Å². The molecular weight excluding hydrogens is 194 g/mol. The number of piperidine rings is 1. The van der Waals surface area contributed by atoms with Gasteiger partial charge in [-0.05, 0) is 19.4 Å². The van der Waals surface area contributed by atoms with Crippen LogP contribution in [0.25, 0.3) is 0 Å². The molecule has 0 saturated carbocycles. The first kappa shape index (κ1) is 10.2. The Morgan fingerprint density at radius 3 is 3.20 bits per heavy atom. The highest BCUT2D eigenvalue weighted by atomic mass is 16.5. The Kier molecular flexibility index (Phi) is 3.01. The standard InChI is InChI=1S/C10H15N3O2/c1-11-10(14)7-6-15-13-9(7)8-4-2-3-5-12-8/h6,8,12H,2-5H2,1H3,(H,11,14)/t8-/m0/s1. The Balaban J connectivity index is 2.19. The van der Waals surface area contributed by atoms with Crippen molar-refractivity contribution in [3.63, 3.8) is 0 Å². The van der Waals surface area contributed by atoms with Crippen molar-refractivity contribution in [1.29, 1.82) is 0 Å². The molecule has 1 fully saturated rings. The molecule has 0 aromatic carbocycles. The largest absolute Gasteiger partial charge is 0.364 e. The Morgan fingerprint density at radius 1 is 1.67 bits per heavy atom. The lowest BCUT2D eigenvalue weighted by molar-refractivity contribution is 0.0960. The van der Waals surface area contributed by atoms with E-state index in [4.69, 9.17) is 4.52 Å². The molecule has 5 nitrogen and oxygen atoms in total. The third-order valence-corrected chi connectivity index (χ3v) is 2.71. The van der Waals surface area contributed by atoms with Gasteiger partial charge in [0.15, 0.2) is 0 Å². The summed E-state index contributed by atoms with van der Waals surface area (Å²) in [5.74, 6) is -0.140. The summed E-state index contributed by atoms with van der Waals surface area (Å²) in [6.07, 6.45) is 4.77. The Bertz CT molecular complexity index is 342. The zero-order valence-corrected chi connectivity index (χ0v) is 8.75. The minimum Gasteiger partial charge on any atom is -0.364 e. The molecule has 0 spiro atoms. The van der Waals surface area contributed by atoms with Gasteiger partial charge in [-0.25, -0.2) is 0 Å². The average molecular weight is 209 g/mol. The fraction of sp³-hybridized carbons (Fsp3) is 0.600. The number of carbonyl (C=O) groups is 1. The van der Waals surface area contributed by atoms with E-state index in [1.165, 1.54) is 12.7 Å². The molecule has 5 heteroatoms. The summed E-state index contributed by atoms with van der Waals surface area (Å²) < 4.78 is 4.87. The van der Waals surface area contributed by atoms with Crippen LogP contribution in [-0.2, 0) is 0 Å². The molecule has 0 unspecified atom stereocenters. The van der Waals surface area contributed by atoms with Crippen molar-refractivity contribution >= 4 is 5.91 Å². The summed E-state index contributed by atoms with van der Waals surface area (Å²) in [5.41, 5.74) is 1.27. The van der Waals surface area contributed by atoms with E-state index in [2.05, 4.69) is 15.8 Å². The molecule has 1 aromatic heterocycles. The highest BCUT2D eigenvalue weighted by molar-refractivity contribution is 5.94. The van der Waals surface area contributed by atoms with Crippen molar-refractivity contribution in [3.8, 4) is 0 Å². The molecule has 2 N–H and O–H groups in total. The lowest BCUT2D eigenvalue weighted by Gasteiger charge is -2.21. The van der Waals surface area contributed by atoms with Crippen molar-refractivity contribution in [3.05, 3.63) is 17.5 Å². The Morgan fingerprint density at radius 2 is 2.53 bits per heavy atom. The number of nitrogens with zero attached hydrogens (tertiary/aromatic N) is 1. The lowest BCUT2D eigenvalue weighted by atomic mass is 9.99. The molecule has 1 atom stereocenters. The maximum atomic E-state index is 11.5. The number of carbonyl (C=O) groups excluding carboxylic acids is 1. The maximum Gasteiger partial charge on any atom is 0.256 e. The van der Waals surface area contributed by atoms with Crippen LogP contribution in [0.5, 0.6) is 0 Å². The van der Waals surface area contributed by atoms with Gasteiger partial charge >= 0.3 is 0 Å². The monoisotopic (exact) mass is 209 g/mol. The molecule has 0 aliphatic carbocycles. The Labute approximate surface area is 88.2 Å². The van der Waals surface area contributed by atoms with Crippen molar-refractivity contribution < 1.29 is 9.32 Å². The molecule has 82 valence electrons. The van der Waals surface area contributed by atoms with Gasteiger partial charge in [0.1, 0.15) is 17.5 Å². The first-order valence-corrected chi connectivity index (χ1v) is 5.22. The molecule has 1 aliphatic heterocycles. The summed E-state index contributed by atoms with van der Waals surface area (Å²) >= 11 is 0. The number of nitrogens with one attached hydrogen (secondary N) is 2. The molecule has 1 aliphatic rings. The highest BCUT2D eigenvalue weighted by Gasteiger charge is 2.24. The number of hydrogen-bond acceptors (Lipinski definition) is 4. The molecule has 1 aromatic rings. The van der Waals surface area contributed by atoms with Gasteiger partial charge in [-0.1, -0.05) is 11.6 Å². The van der Waals surface area contributed by atoms with Gasteiger partial charge in [-0.3, -0.25) is 4.79 Å². The second kappa shape index (κ2) is 4.44. The van der Waals surface area contributed by atoms with Gasteiger partial charge in [0.05, 0.1) is 6.04 Å². The van der Waals surface area contributed by atoms with E-state index in [0.29, 0.717) is 5.56 Å². The minimum atomic E-state index is -0.140. The van der Waals surface area contributed by atoms with Crippen molar-refractivity contribution in [2.75, 3.05) is 13.6 Å². The first-order valence-electron chi connectivity index (χ1n) is 5.22. The summed E-state index contributed by atoms with van der Waals surface area (Å²) in [7, 11) is 1.60. The van der Waals surface area contributed by atoms with Gasteiger partial charge < -0.3 is 15.2 Å². The van der Waals surface area contributed by atoms with E-state index in [0.717, 1.165) is 25.1 Å². The van der Waals surface area contributed by atoms with Crippen LogP contribution in [0.3, 0.4) is 0 Å². The third kappa shape index (κ3) is 2.02. The van der Waals surface area contributed by atoms with Gasteiger partial charge in [0.25, 0.3) is 5.91 Å². The number of aromatic nitrogens is 1. The molecule has 2 heterocycles. The molecule has 15 heavy (non-hydrogen) atoms. The van der Waals surface area contributed by atoms with Crippen molar-refractivity contribution in [2.45, 2.75) is 25.3 Å².